The number of hydrogen-bond donors (Lipinski definition) is 0. The molecule has 0 fully saturated rings. The summed E-state index contributed by atoms with van der Waals surface area (Å²) >= 11 is 0. The van der Waals surface area contributed by atoms with Gasteiger partial charge in [0.05, 0.1) is 28.4 Å². The van der Waals surface area contributed by atoms with Gasteiger partial charge >= 0.3 is 0 Å². The average molecular weight is 1890 g/mol. The average Bonchev–Trinajstić information content (AvgIpc) is 0.758. The maximum atomic E-state index is 2.41. The van der Waals surface area contributed by atoms with E-state index in [9.17, 15) is 0 Å². The largest absolute Gasteiger partial charge is 0.310 e. The molecule has 0 aromatic heterocycles. The van der Waals surface area contributed by atoms with Gasteiger partial charge in [0.1, 0.15) is 0 Å². The molecule has 0 aliphatic rings. The lowest BCUT2D eigenvalue weighted by Gasteiger charge is -2.29. The van der Waals surface area contributed by atoms with E-state index in [1.807, 2.05) is 0 Å². The summed E-state index contributed by atoms with van der Waals surface area (Å²) in [4.78, 5) is 9.58. The molecule has 0 aliphatic heterocycles. The number of fused-ring (bicyclic) bond motifs is 13. The third kappa shape index (κ3) is 18.8. The smallest absolute Gasteiger partial charge is 0.0546 e. The Morgan fingerprint density at radius 2 is 0.318 bits per heavy atom. The van der Waals surface area contributed by atoms with Crippen LogP contribution in [-0.2, 0) is 0 Å². The van der Waals surface area contributed by atoms with Crippen LogP contribution >= 0.6 is 0 Å². The molecule has 0 unspecified atom stereocenters. The molecule has 0 aliphatic carbocycles. The summed E-state index contributed by atoms with van der Waals surface area (Å²) < 4.78 is 0. The second-order valence-electron chi connectivity index (χ2n) is 37.3. The first-order valence-corrected chi connectivity index (χ1v) is 50.7. The van der Waals surface area contributed by atoms with Crippen LogP contribution in [0.4, 0.5) is 68.2 Å². The van der Waals surface area contributed by atoms with Crippen molar-refractivity contribution in [3.05, 3.63) is 619 Å². The molecule has 0 bridgehead atoms. The Morgan fingerprint density at radius 1 is 0.0878 bits per heavy atom. The lowest BCUT2D eigenvalue weighted by Crippen LogP contribution is -2.11. The van der Waals surface area contributed by atoms with E-state index in [1.165, 1.54) is 186 Å². The molecule has 0 heterocycles. The Balaban J connectivity index is 0.000000106. The monoisotopic (exact) mass is 1890 g/mol. The molecule has 148 heavy (non-hydrogen) atoms. The van der Waals surface area contributed by atoms with Crippen molar-refractivity contribution in [1.82, 2.24) is 0 Å². The van der Waals surface area contributed by atoms with E-state index >= 15 is 0 Å². The Bertz CT molecular complexity index is 9320. The highest BCUT2D eigenvalue weighted by atomic mass is 15.2. The van der Waals surface area contributed by atoms with Gasteiger partial charge in [0.25, 0.3) is 0 Å². The van der Waals surface area contributed by atoms with Crippen molar-refractivity contribution in [3.8, 4) is 66.8 Å². The Morgan fingerprint density at radius 3 is 0.709 bits per heavy atom. The van der Waals surface area contributed by atoms with Gasteiger partial charge < -0.3 is 19.6 Å². The Kier molecular flexibility index (Phi) is 25.8. The number of nitrogens with zero attached hydrogens (tertiary/aromatic N) is 4. The minimum atomic E-state index is 1.12. The highest BCUT2D eigenvalue weighted by molar-refractivity contribution is 6.19. The summed E-state index contributed by atoms with van der Waals surface area (Å²) in [6.07, 6.45) is 0. The minimum Gasteiger partial charge on any atom is -0.310 e. The lowest BCUT2D eigenvalue weighted by atomic mass is 9.96. The van der Waals surface area contributed by atoms with Gasteiger partial charge in [0.15, 0.2) is 0 Å². The molecule has 4 nitrogen and oxygen atoms in total. The van der Waals surface area contributed by atoms with Crippen molar-refractivity contribution in [1.29, 1.82) is 0 Å². The van der Waals surface area contributed by atoms with Crippen molar-refractivity contribution in [2.24, 2.45) is 0 Å². The molecule has 0 spiro atoms. The van der Waals surface area contributed by atoms with Gasteiger partial charge in [0, 0.05) is 66.9 Å². The molecule has 0 amide bonds. The fraction of sp³-hybridized carbons (Fsp3) is 0. The fourth-order valence-electron chi connectivity index (χ4n) is 21.2. The zero-order chi connectivity index (χ0) is 98.7. The van der Waals surface area contributed by atoms with E-state index in [1.54, 1.807) is 0 Å². The molecule has 4 heteroatoms. The summed E-state index contributed by atoms with van der Waals surface area (Å²) in [6.45, 7) is 0. The number of benzene rings is 27. The molecule has 0 atom stereocenters. The summed E-state index contributed by atoms with van der Waals surface area (Å²) in [6, 6.07) is 222. The van der Waals surface area contributed by atoms with E-state index in [-0.39, 0.29) is 0 Å². The number of para-hydroxylation sites is 4. The molecule has 27 aromatic carbocycles. The van der Waals surface area contributed by atoms with Crippen molar-refractivity contribution >= 4 is 165 Å². The first-order valence-electron chi connectivity index (χ1n) is 50.7. The quantitative estimate of drug-likeness (QED) is 0.0794. The summed E-state index contributed by atoms with van der Waals surface area (Å²) in [5, 5.41) is 22.6. The molecular weight excluding hydrogens is 1790 g/mol. The first kappa shape index (κ1) is 91.0. The van der Waals surface area contributed by atoms with Crippen LogP contribution in [0.2, 0.25) is 0 Å². The minimum absolute atomic E-state index is 1.12. The van der Waals surface area contributed by atoms with Crippen molar-refractivity contribution in [3.63, 3.8) is 0 Å². The highest BCUT2D eigenvalue weighted by Crippen LogP contribution is 2.51. The topological polar surface area (TPSA) is 13.0 Å². The molecule has 27 aromatic rings. The second-order valence-corrected chi connectivity index (χ2v) is 37.3. The molecular formula is C144H102N4. The van der Waals surface area contributed by atoms with Crippen molar-refractivity contribution in [2.45, 2.75) is 0 Å². The normalized spacial score (nSPS) is 11.1. The van der Waals surface area contributed by atoms with Crippen LogP contribution in [0.3, 0.4) is 0 Å². The Hall–Kier alpha value is -19.5. The first-order chi connectivity index (χ1) is 73.4. The molecule has 0 saturated heterocycles. The molecule has 27 rings (SSSR count). The standard InChI is InChI=1S/C42H29N.C38H27N.2C32H23N/c1-2-10-30(11-3-1)32-20-24-37(25-21-32)43(42-29-36-14-6-7-15-39(36)40-16-8-9-17-41(40)42)38-26-22-33(23-27-38)35-19-18-31-12-4-5-13-34(31)28-35;1-4-14-28(15-5-1)31-24-32(29-16-6-2-7-17-29)26-34(25-31)39(33-19-8-3-9-20-33)38-27-30-18-10-11-21-35(30)36-22-12-13-23-37(36)38;1-3-13-24(14-4-1)28-19-11-12-22-31(28)33(26-16-5-2-6-17-26)32-23-25-15-7-8-18-27(25)29-20-9-10-21-30(29)32;1-3-12-24(13-4-1)25-15-11-18-28(22-25)33(27-16-5-2-6-17-27)32-23-26-14-7-8-19-29(26)30-20-9-10-21-31(30)32/h1-29H;1-27H;2*1-23H. The van der Waals surface area contributed by atoms with Crippen molar-refractivity contribution < 1.29 is 0 Å². The van der Waals surface area contributed by atoms with Gasteiger partial charge in [-0.2, -0.15) is 0 Å². The van der Waals surface area contributed by atoms with Gasteiger partial charge in [-0.1, -0.05) is 491 Å². The van der Waals surface area contributed by atoms with Crippen LogP contribution in [0, 0.1) is 0 Å². The van der Waals surface area contributed by atoms with Gasteiger partial charge in [0.2, 0.25) is 0 Å². The van der Waals surface area contributed by atoms with Gasteiger partial charge in [-0.05, 0) is 264 Å². The van der Waals surface area contributed by atoms with Crippen LogP contribution in [0.5, 0.6) is 0 Å². The third-order valence-electron chi connectivity index (χ3n) is 28.3. The van der Waals surface area contributed by atoms with E-state index in [4.69, 9.17) is 0 Å². The van der Waals surface area contributed by atoms with Crippen LogP contribution in [0.1, 0.15) is 0 Å². The maximum absolute atomic E-state index is 2.41. The zero-order valence-corrected chi connectivity index (χ0v) is 81.7. The predicted molar refractivity (Wildman–Crippen MR) is 635 cm³/mol. The molecule has 698 valence electrons. The van der Waals surface area contributed by atoms with Gasteiger partial charge in [-0.15, -0.1) is 0 Å². The number of rotatable bonds is 18. The lowest BCUT2D eigenvalue weighted by molar-refractivity contribution is 1.30. The third-order valence-corrected chi connectivity index (χ3v) is 28.3. The molecule has 0 radical (unpaired) electrons. The van der Waals surface area contributed by atoms with E-state index < -0.39 is 0 Å². The summed E-state index contributed by atoms with van der Waals surface area (Å²) in [5.41, 5.74) is 28.3. The number of anilines is 12. The molecule has 0 saturated carbocycles. The fourth-order valence-corrected chi connectivity index (χ4v) is 21.2. The number of hydrogen-bond acceptors (Lipinski definition) is 4. The van der Waals surface area contributed by atoms with E-state index in [0.717, 1.165) is 45.5 Å². The maximum Gasteiger partial charge on any atom is 0.0546 e. The Labute approximate surface area is 864 Å². The predicted octanol–water partition coefficient (Wildman–Crippen LogP) is 41.0. The van der Waals surface area contributed by atoms with Gasteiger partial charge in [-0.25, -0.2) is 0 Å². The van der Waals surface area contributed by atoms with E-state index in [2.05, 4.69) is 638 Å². The summed E-state index contributed by atoms with van der Waals surface area (Å²) in [7, 11) is 0. The zero-order valence-electron chi connectivity index (χ0n) is 81.7. The van der Waals surface area contributed by atoms with Crippen molar-refractivity contribution in [2.75, 3.05) is 19.6 Å². The SMILES string of the molecule is c1ccc(-c2cc(-c3ccccc3)cc(N(c3ccccc3)c3cc4ccccc4c4ccccc34)c2)cc1.c1ccc(-c2ccc(N(c3ccc(-c4ccc5ccccc5c4)cc3)c3cc4ccccc4c4ccccc34)cc2)cc1.c1ccc(-c2cccc(N(c3ccccc3)c3cc4ccccc4c4ccccc34)c2)cc1.c1ccc(-c2ccccc2N(c2ccccc2)c2cc3ccccc3c3ccccc23)cc1. The van der Waals surface area contributed by atoms with Crippen LogP contribution in [0.25, 0.3) is 164 Å². The second kappa shape index (κ2) is 42.0. The van der Waals surface area contributed by atoms with E-state index in [0.29, 0.717) is 0 Å². The van der Waals surface area contributed by atoms with Crippen LogP contribution in [-0.4, -0.2) is 0 Å². The molecule has 0 N–H and O–H groups in total. The van der Waals surface area contributed by atoms with Crippen LogP contribution < -0.4 is 19.6 Å². The van der Waals surface area contributed by atoms with Crippen LogP contribution in [0.15, 0.2) is 619 Å². The highest BCUT2D eigenvalue weighted by Gasteiger charge is 2.26. The summed E-state index contributed by atoms with van der Waals surface area (Å²) in [5.74, 6) is 0. The van der Waals surface area contributed by atoms with Gasteiger partial charge in [-0.3, -0.25) is 0 Å².